The van der Waals surface area contributed by atoms with Crippen molar-refractivity contribution in [2.24, 2.45) is 0 Å². The third-order valence-corrected chi connectivity index (χ3v) is 3.05. The van der Waals surface area contributed by atoms with Crippen LogP contribution in [0.4, 0.5) is 0 Å². The van der Waals surface area contributed by atoms with E-state index in [1.165, 1.54) is 4.68 Å². The number of hydrogen-bond acceptors (Lipinski definition) is 2. The maximum Gasteiger partial charge on any atom is 0.271 e. The van der Waals surface area contributed by atoms with Gasteiger partial charge in [0.1, 0.15) is 0 Å². The quantitative estimate of drug-likeness (QED) is 0.779. The smallest absolute Gasteiger partial charge is 0.271 e. The number of aromatic amines is 1. The van der Waals surface area contributed by atoms with Crippen LogP contribution in [0, 0.1) is 0 Å². The van der Waals surface area contributed by atoms with E-state index in [4.69, 9.17) is 11.6 Å². The minimum absolute atomic E-state index is 0.117. The molecule has 0 unspecified atom stereocenters. The molecule has 0 aliphatic rings. The second-order valence-electron chi connectivity index (χ2n) is 4.06. The molecule has 0 saturated carbocycles. The molecule has 2 aromatic heterocycles. The Kier molecular flexibility index (Phi) is 2.93. The molecule has 4 nitrogen and oxygen atoms in total. The fourth-order valence-corrected chi connectivity index (χ4v) is 1.98. The molecule has 0 bridgehead atoms. The molecule has 0 aliphatic carbocycles. The molecule has 5 heteroatoms. The minimum atomic E-state index is -0.117. The molecule has 3 aromatic rings. The number of pyridine rings is 1. The predicted molar refractivity (Wildman–Crippen MR) is 74.6 cm³/mol. The van der Waals surface area contributed by atoms with Gasteiger partial charge in [-0.05, 0) is 36.4 Å². The van der Waals surface area contributed by atoms with Gasteiger partial charge in [-0.1, -0.05) is 11.6 Å². The fraction of sp³-hybridized carbons (Fsp3) is 0. The van der Waals surface area contributed by atoms with E-state index in [0.717, 1.165) is 16.9 Å². The molecule has 0 atom stereocenters. The lowest BCUT2D eigenvalue weighted by molar-refractivity contribution is 0.852. The molecule has 19 heavy (non-hydrogen) atoms. The lowest BCUT2D eigenvalue weighted by Gasteiger charge is -2.02. The van der Waals surface area contributed by atoms with Gasteiger partial charge in [-0.25, -0.2) is 4.68 Å². The van der Waals surface area contributed by atoms with Gasteiger partial charge in [0.15, 0.2) is 0 Å². The summed E-state index contributed by atoms with van der Waals surface area (Å²) in [6.07, 6.45) is 3.38. The first-order chi connectivity index (χ1) is 9.24. The second-order valence-corrected chi connectivity index (χ2v) is 4.49. The van der Waals surface area contributed by atoms with Crippen LogP contribution in [0.15, 0.2) is 59.7 Å². The van der Waals surface area contributed by atoms with Crippen molar-refractivity contribution in [3.8, 4) is 16.9 Å². The Morgan fingerprint density at radius 2 is 1.74 bits per heavy atom. The maximum atomic E-state index is 12.0. The van der Waals surface area contributed by atoms with E-state index in [1.54, 1.807) is 42.7 Å². The van der Waals surface area contributed by atoms with Crippen LogP contribution >= 0.6 is 11.6 Å². The molecule has 2 heterocycles. The lowest BCUT2D eigenvalue weighted by Crippen LogP contribution is -2.13. The van der Waals surface area contributed by atoms with Crippen molar-refractivity contribution in [3.63, 3.8) is 0 Å². The summed E-state index contributed by atoms with van der Waals surface area (Å²) in [7, 11) is 0. The zero-order valence-electron chi connectivity index (χ0n) is 9.88. The monoisotopic (exact) mass is 271 g/mol. The second kappa shape index (κ2) is 4.74. The van der Waals surface area contributed by atoms with Crippen molar-refractivity contribution < 1.29 is 0 Å². The van der Waals surface area contributed by atoms with Crippen LogP contribution in [-0.4, -0.2) is 14.8 Å². The van der Waals surface area contributed by atoms with Crippen LogP contribution in [-0.2, 0) is 0 Å². The maximum absolute atomic E-state index is 12.0. The Bertz CT molecular complexity index is 744. The van der Waals surface area contributed by atoms with Gasteiger partial charge in [0.25, 0.3) is 5.56 Å². The van der Waals surface area contributed by atoms with E-state index in [0.29, 0.717) is 5.02 Å². The zero-order valence-corrected chi connectivity index (χ0v) is 10.6. The van der Waals surface area contributed by atoms with Crippen LogP contribution in [0.25, 0.3) is 16.9 Å². The number of aromatic nitrogens is 3. The van der Waals surface area contributed by atoms with Gasteiger partial charge in [-0.15, -0.1) is 0 Å². The molecule has 1 N–H and O–H groups in total. The molecule has 0 amide bonds. The summed E-state index contributed by atoms with van der Waals surface area (Å²) in [5.74, 6) is 0. The normalized spacial score (nSPS) is 10.6. The Balaban J connectivity index is 2.08. The first kappa shape index (κ1) is 11.7. The van der Waals surface area contributed by atoms with Crippen molar-refractivity contribution in [1.29, 1.82) is 0 Å². The highest BCUT2D eigenvalue weighted by molar-refractivity contribution is 6.30. The van der Waals surface area contributed by atoms with Crippen LogP contribution in [0.1, 0.15) is 0 Å². The number of H-pyrrole nitrogens is 1. The SMILES string of the molecule is O=c1cc(-c2ccncc2)[nH]n1-c1ccc(Cl)cc1. The van der Waals surface area contributed by atoms with Gasteiger partial charge in [0.05, 0.1) is 11.4 Å². The first-order valence-electron chi connectivity index (χ1n) is 5.72. The number of benzene rings is 1. The van der Waals surface area contributed by atoms with Crippen molar-refractivity contribution in [1.82, 2.24) is 14.8 Å². The number of nitrogens with zero attached hydrogens (tertiary/aromatic N) is 2. The average molecular weight is 272 g/mol. The number of rotatable bonds is 2. The molecule has 0 radical (unpaired) electrons. The van der Waals surface area contributed by atoms with Gasteiger partial charge < -0.3 is 0 Å². The van der Waals surface area contributed by atoms with Crippen molar-refractivity contribution in [3.05, 3.63) is 70.2 Å². The average Bonchev–Trinajstić information content (AvgIpc) is 2.83. The fourth-order valence-electron chi connectivity index (χ4n) is 1.86. The van der Waals surface area contributed by atoms with E-state index in [2.05, 4.69) is 10.1 Å². The number of nitrogens with one attached hydrogen (secondary N) is 1. The standard InChI is InChI=1S/C14H10ClN3O/c15-11-1-3-12(4-2-11)18-14(19)9-13(17-18)10-5-7-16-8-6-10/h1-9,17H. The van der Waals surface area contributed by atoms with Gasteiger partial charge in [-0.2, -0.15) is 0 Å². The third kappa shape index (κ3) is 2.30. The highest BCUT2D eigenvalue weighted by Gasteiger charge is 2.06. The van der Waals surface area contributed by atoms with Crippen molar-refractivity contribution in [2.45, 2.75) is 0 Å². The Labute approximate surface area is 114 Å². The van der Waals surface area contributed by atoms with Crippen LogP contribution in [0.5, 0.6) is 0 Å². The molecule has 1 aromatic carbocycles. The number of hydrogen-bond donors (Lipinski definition) is 1. The Morgan fingerprint density at radius 1 is 1.05 bits per heavy atom. The summed E-state index contributed by atoms with van der Waals surface area (Å²) in [4.78, 5) is 15.9. The molecule has 0 spiro atoms. The molecular formula is C14H10ClN3O. The molecule has 0 fully saturated rings. The van der Waals surface area contributed by atoms with Crippen molar-refractivity contribution >= 4 is 11.6 Å². The van der Waals surface area contributed by atoms with Crippen molar-refractivity contribution in [2.75, 3.05) is 0 Å². The van der Waals surface area contributed by atoms with Crippen LogP contribution < -0.4 is 5.56 Å². The highest BCUT2D eigenvalue weighted by atomic mass is 35.5. The van der Waals surface area contributed by atoms with Crippen LogP contribution in [0.3, 0.4) is 0 Å². The highest BCUT2D eigenvalue weighted by Crippen LogP contribution is 2.16. The van der Waals surface area contributed by atoms with Gasteiger partial charge in [0, 0.05) is 29.0 Å². The topological polar surface area (TPSA) is 50.7 Å². The lowest BCUT2D eigenvalue weighted by atomic mass is 10.2. The molecule has 0 saturated heterocycles. The first-order valence-corrected chi connectivity index (χ1v) is 6.10. The van der Waals surface area contributed by atoms with E-state index in [-0.39, 0.29) is 5.56 Å². The summed E-state index contributed by atoms with van der Waals surface area (Å²) >= 11 is 5.84. The summed E-state index contributed by atoms with van der Waals surface area (Å²) in [6, 6.07) is 12.3. The molecular weight excluding hydrogens is 262 g/mol. The van der Waals surface area contributed by atoms with E-state index in [9.17, 15) is 4.79 Å². The zero-order chi connectivity index (χ0) is 13.2. The van der Waals surface area contributed by atoms with Crippen LogP contribution in [0.2, 0.25) is 5.02 Å². The minimum Gasteiger partial charge on any atom is -0.290 e. The Hall–Kier alpha value is -2.33. The molecule has 3 rings (SSSR count). The largest absolute Gasteiger partial charge is 0.290 e. The summed E-state index contributed by atoms with van der Waals surface area (Å²) in [5, 5.41) is 3.70. The van der Waals surface area contributed by atoms with Gasteiger partial charge >= 0.3 is 0 Å². The molecule has 0 aliphatic heterocycles. The predicted octanol–water partition coefficient (Wildman–Crippen LogP) is 2.88. The Morgan fingerprint density at radius 3 is 2.42 bits per heavy atom. The van der Waals surface area contributed by atoms with E-state index >= 15 is 0 Å². The van der Waals surface area contributed by atoms with E-state index < -0.39 is 0 Å². The number of halogens is 1. The third-order valence-electron chi connectivity index (χ3n) is 2.80. The summed E-state index contributed by atoms with van der Waals surface area (Å²) in [6.45, 7) is 0. The van der Waals surface area contributed by atoms with Gasteiger partial charge in [-0.3, -0.25) is 14.9 Å². The summed E-state index contributed by atoms with van der Waals surface area (Å²) < 4.78 is 1.48. The summed E-state index contributed by atoms with van der Waals surface area (Å²) in [5.41, 5.74) is 2.30. The van der Waals surface area contributed by atoms with Gasteiger partial charge in [0.2, 0.25) is 0 Å². The molecule has 94 valence electrons. The van der Waals surface area contributed by atoms with E-state index in [1.807, 2.05) is 12.1 Å².